The van der Waals surface area contributed by atoms with Crippen LogP contribution in [0.25, 0.3) is 0 Å². The van der Waals surface area contributed by atoms with Crippen LogP contribution >= 0.6 is 22.6 Å². The molecule has 1 amide bonds. The Balaban J connectivity index is 1.94. The van der Waals surface area contributed by atoms with E-state index in [-0.39, 0.29) is 18.3 Å². The smallest absolute Gasteiger partial charge is 0.262 e. The van der Waals surface area contributed by atoms with Gasteiger partial charge in [0.1, 0.15) is 5.75 Å². The Morgan fingerprint density at radius 1 is 1.19 bits per heavy atom. The van der Waals surface area contributed by atoms with E-state index in [4.69, 9.17) is 4.74 Å². The number of halogens is 3. The van der Waals surface area contributed by atoms with E-state index in [0.29, 0.717) is 5.69 Å². The van der Waals surface area contributed by atoms with Crippen molar-refractivity contribution >= 4 is 34.2 Å². The average molecular weight is 403 g/mol. The summed E-state index contributed by atoms with van der Waals surface area (Å²) in [6, 6.07) is 8.73. The molecule has 1 N–H and O–H groups in total. The summed E-state index contributed by atoms with van der Waals surface area (Å²) >= 11 is 2.18. The molecule has 0 aromatic heterocycles. The van der Waals surface area contributed by atoms with Crippen LogP contribution in [0, 0.1) is 22.1 Å². The third-order valence-electron chi connectivity index (χ3n) is 2.72. The van der Waals surface area contributed by atoms with Crippen LogP contribution in [0.3, 0.4) is 0 Å². The van der Waals surface area contributed by atoms with Crippen LogP contribution in [0.4, 0.5) is 14.5 Å². The fourth-order valence-electron chi connectivity index (χ4n) is 1.67. The first-order valence-electron chi connectivity index (χ1n) is 6.09. The maximum atomic E-state index is 13.0. The molecule has 0 heterocycles. The molecule has 110 valence electrons. The van der Waals surface area contributed by atoms with Gasteiger partial charge >= 0.3 is 0 Å². The maximum absolute atomic E-state index is 13.0. The summed E-state index contributed by atoms with van der Waals surface area (Å²) in [6.07, 6.45) is 0. The van der Waals surface area contributed by atoms with Crippen molar-refractivity contribution in [1.29, 1.82) is 0 Å². The summed E-state index contributed by atoms with van der Waals surface area (Å²) < 4.78 is 31.9. The van der Waals surface area contributed by atoms with Crippen molar-refractivity contribution in [3.8, 4) is 5.75 Å². The number of hydrogen-bond acceptors (Lipinski definition) is 2. The largest absolute Gasteiger partial charge is 0.484 e. The van der Waals surface area contributed by atoms with E-state index in [0.717, 1.165) is 21.3 Å². The molecule has 21 heavy (non-hydrogen) atoms. The molecule has 0 unspecified atom stereocenters. The normalized spacial score (nSPS) is 10.3. The predicted octanol–water partition coefficient (Wildman–Crippen LogP) is 3.90. The SMILES string of the molecule is Cc1cc(I)ccc1NC(=O)COc1ccc(F)c(F)c1. The standard InChI is InChI=1S/C15H12F2INO2/c1-9-6-10(18)2-5-14(9)19-15(20)8-21-11-3-4-12(16)13(17)7-11/h2-7H,8H2,1H3,(H,19,20). The lowest BCUT2D eigenvalue weighted by Gasteiger charge is -2.10. The summed E-state index contributed by atoms with van der Waals surface area (Å²) in [4.78, 5) is 11.8. The number of carbonyl (C=O) groups is 1. The molecule has 2 aromatic rings. The number of anilines is 1. The highest BCUT2D eigenvalue weighted by molar-refractivity contribution is 14.1. The van der Waals surface area contributed by atoms with Gasteiger partial charge in [-0.3, -0.25) is 4.79 Å². The fraction of sp³-hybridized carbons (Fsp3) is 0.133. The zero-order valence-electron chi connectivity index (χ0n) is 11.1. The zero-order valence-corrected chi connectivity index (χ0v) is 13.3. The van der Waals surface area contributed by atoms with Crippen molar-refractivity contribution in [1.82, 2.24) is 0 Å². The first-order valence-corrected chi connectivity index (χ1v) is 7.17. The summed E-state index contributed by atoms with van der Waals surface area (Å²) in [5, 5.41) is 2.70. The molecule has 0 spiro atoms. The Labute approximate surface area is 134 Å². The Kier molecular flexibility index (Phi) is 5.11. The second kappa shape index (κ2) is 6.84. The first kappa shape index (κ1) is 15.7. The van der Waals surface area contributed by atoms with Crippen LogP contribution in [-0.4, -0.2) is 12.5 Å². The van der Waals surface area contributed by atoms with Gasteiger partial charge in [0.05, 0.1) is 0 Å². The monoisotopic (exact) mass is 403 g/mol. The van der Waals surface area contributed by atoms with Crippen molar-refractivity contribution in [2.24, 2.45) is 0 Å². The number of benzene rings is 2. The van der Waals surface area contributed by atoms with E-state index >= 15 is 0 Å². The molecule has 6 heteroatoms. The average Bonchev–Trinajstić information content (AvgIpc) is 2.43. The summed E-state index contributed by atoms with van der Waals surface area (Å²) in [6.45, 7) is 1.60. The molecule has 0 aliphatic rings. The molecular formula is C15H12F2INO2. The van der Waals surface area contributed by atoms with Crippen LogP contribution in [0.5, 0.6) is 5.75 Å². The quantitative estimate of drug-likeness (QED) is 0.787. The lowest BCUT2D eigenvalue weighted by molar-refractivity contribution is -0.118. The van der Waals surface area contributed by atoms with Gasteiger partial charge < -0.3 is 10.1 Å². The highest BCUT2D eigenvalue weighted by Crippen LogP contribution is 2.18. The van der Waals surface area contributed by atoms with Gasteiger partial charge in [0.15, 0.2) is 18.2 Å². The molecule has 0 saturated heterocycles. The first-order chi connectivity index (χ1) is 9.95. The van der Waals surface area contributed by atoms with Gasteiger partial charge in [-0.15, -0.1) is 0 Å². The Morgan fingerprint density at radius 2 is 1.95 bits per heavy atom. The minimum Gasteiger partial charge on any atom is -0.484 e. The van der Waals surface area contributed by atoms with Crippen LogP contribution in [0.1, 0.15) is 5.56 Å². The van der Waals surface area contributed by atoms with Crippen molar-refractivity contribution < 1.29 is 18.3 Å². The van der Waals surface area contributed by atoms with Crippen LogP contribution < -0.4 is 10.1 Å². The van der Waals surface area contributed by atoms with E-state index < -0.39 is 11.6 Å². The van der Waals surface area contributed by atoms with E-state index in [2.05, 4.69) is 27.9 Å². The molecule has 2 aromatic carbocycles. The highest BCUT2D eigenvalue weighted by Gasteiger charge is 2.08. The zero-order chi connectivity index (χ0) is 15.4. The number of hydrogen-bond donors (Lipinski definition) is 1. The third kappa shape index (κ3) is 4.38. The van der Waals surface area contributed by atoms with Gasteiger partial charge in [-0.1, -0.05) is 0 Å². The molecule has 0 aliphatic heterocycles. The lowest BCUT2D eigenvalue weighted by atomic mass is 10.2. The van der Waals surface area contributed by atoms with Crippen molar-refractivity contribution in [3.63, 3.8) is 0 Å². The van der Waals surface area contributed by atoms with Crippen LogP contribution in [-0.2, 0) is 4.79 Å². The molecule has 2 rings (SSSR count). The lowest BCUT2D eigenvalue weighted by Crippen LogP contribution is -2.20. The van der Waals surface area contributed by atoms with Gasteiger partial charge in [0.25, 0.3) is 5.91 Å². The van der Waals surface area contributed by atoms with Gasteiger partial charge in [0, 0.05) is 15.3 Å². The number of amides is 1. The van der Waals surface area contributed by atoms with Crippen molar-refractivity contribution in [2.75, 3.05) is 11.9 Å². The minimum atomic E-state index is -1.01. The van der Waals surface area contributed by atoms with E-state index in [9.17, 15) is 13.6 Å². The second-order valence-corrected chi connectivity index (χ2v) is 5.62. The highest BCUT2D eigenvalue weighted by atomic mass is 127. The minimum absolute atomic E-state index is 0.100. The van der Waals surface area contributed by atoms with Crippen LogP contribution in [0.2, 0.25) is 0 Å². The number of aryl methyl sites for hydroxylation is 1. The number of nitrogens with one attached hydrogen (secondary N) is 1. The number of carbonyl (C=O) groups excluding carboxylic acids is 1. The molecule has 0 aliphatic carbocycles. The molecule has 0 saturated carbocycles. The van der Waals surface area contributed by atoms with E-state index in [1.54, 1.807) is 6.07 Å². The Hall–Kier alpha value is -1.70. The third-order valence-corrected chi connectivity index (χ3v) is 3.39. The summed E-state index contributed by atoms with van der Waals surface area (Å²) in [5.41, 5.74) is 1.62. The predicted molar refractivity (Wildman–Crippen MR) is 84.4 cm³/mol. The summed E-state index contributed by atoms with van der Waals surface area (Å²) in [7, 11) is 0. The maximum Gasteiger partial charge on any atom is 0.262 e. The van der Waals surface area contributed by atoms with Crippen LogP contribution in [0.15, 0.2) is 36.4 Å². The Morgan fingerprint density at radius 3 is 2.62 bits per heavy atom. The molecular weight excluding hydrogens is 391 g/mol. The van der Waals surface area contributed by atoms with Gasteiger partial charge in [-0.05, 0) is 65.4 Å². The van der Waals surface area contributed by atoms with Crippen molar-refractivity contribution in [3.05, 3.63) is 57.2 Å². The van der Waals surface area contributed by atoms with Crippen molar-refractivity contribution in [2.45, 2.75) is 6.92 Å². The number of rotatable bonds is 4. The summed E-state index contributed by atoms with van der Waals surface area (Å²) in [5.74, 6) is -2.24. The molecule has 0 atom stereocenters. The van der Waals surface area contributed by atoms with Gasteiger partial charge in [-0.25, -0.2) is 8.78 Å². The Bertz CT molecular complexity index is 677. The van der Waals surface area contributed by atoms with Gasteiger partial charge in [-0.2, -0.15) is 0 Å². The molecule has 0 bridgehead atoms. The van der Waals surface area contributed by atoms with Gasteiger partial charge in [0.2, 0.25) is 0 Å². The van der Waals surface area contributed by atoms with E-state index in [1.807, 2.05) is 19.1 Å². The molecule has 0 radical (unpaired) electrons. The molecule has 0 fully saturated rings. The fourth-order valence-corrected chi connectivity index (χ4v) is 2.32. The topological polar surface area (TPSA) is 38.3 Å². The second-order valence-electron chi connectivity index (χ2n) is 4.37. The number of ether oxygens (including phenoxy) is 1. The molecule has 3 nitrogen and oxygen atoms in total. The van der Waals surface area contributed by atoms with E-state index in [1.165, 1.54) is 6.07 Å².